The Morgan fingerprint density at radius 3 is 2.10 bits per heavy atom. The SMILES string of the molecule is CC(C)C1CC(N(C)C(=O)C2CCN(C(C)C)CC2)C1. The maximum atomic E-state index is 12.6. The number of hydrogen-bond acceptors (Lipinski definition) is 2. The van der Waals surface area contributed by atoms with Gasteiger partial charge in [0.15, 0.2) is 0 Å². The maximum absolute atomic E-state index is 12.6. The molecule has 2 aliphatic rings. The first kappa shape index (κ1) is 15.8. The highest BCUT2D eigenvalue weighted by Gasteiger charge is 2.38. The van der Waals surface area contributed by atoms with Gasteiger partial charge in [-0.3, -0.25) is 4.79 Å². The van der Waals surface area contributed by atoms with Crippen LogP contribution in [-0.2, 0) is 4.79 Å². The Balaban J connectivity index is 1.78. The van der Waals surface area contributed by atoms with E-state index >= 15 is 0 Å². The van der Waals surface area contributed by atoms with Crippen molar-refractivity contribution in [2.24, 2.45) is 17.8 Å². The van der Waals surface area contributed by atoms with Crippen LogP contribution in [0, 0.1) is 17.8 Å². The Morgan fingerprint density at radius 2 is 1.65 bits per heavy atom. The highest BCUT2D eigenvalue weighted by Crippen LogP contribution is 2.37. The molecular weight excluding hydrogens is 248 g/mol. The second kappa shape index (κ2) is 6.46. The molecule has 1 saturated carbocycles. The van der Waals surface area contributed by atoms with Crippen LogP contribution in [0.4, 0.5) is 0 Å². The number of amides is 1. The van der Waals surface area contributed by atoms with Gasteiger partial charge in [-0.05, 0) is 64.5 Å². The number of likely N-dealkylation sites (tertiary alicyclic amines) is 1. The van der Waals surface area contributed by atoms with Gasteiger partial charge in [0.05, 0.1) is 0 Å². The third kappa shape index (κ3) is 3.36. The summed E-state index contributed by atoms with van der Waals surface area (Å²) in [5.74, 6) is 2.27. The fourth-order valence-electron chi connectivity index (χ4n) is 3.62. The van der Waals surface area contributed by atoms with Crippen molar-refractivity contribution in [3.05, 3.63) is 0 Å². The molecule has 2 rings (SSSR count). The summed E-state index contributed by atoms with van der Waals surface area (Å²) >= 11 is 0. The minimum Gasteiger partial charge on any atom is -0.343 e. The Morgan fingerprint density at radius 1 is 1.10 bits per heavy atom. The van der Waals surface area contributed by atoms with Gasteiger partial charge < -0.3 is 9.80 Å². The first-order chi connectivity index (χ1) is 9.40. The second-order valence-corrected chi connectivity index (χ2v) is 7.48. The van der Waals surface area contributed by atoms with Crippen LogP contribution in [0.1, 0.15) is 53.4 Å². The molecule has 0 atom stereocenters. The third-order valence-corrected chi connectivity index (χ3v) is 5.60. The molecule has 0 radical (unpaired) electrons. The smallest absolute Gasteiger partial charge is 0.225 e. The van der Waals surface area contributed by atoms with Crippen LogP contribution in [0.15, 0.2) is 0 Å². The molecule has 0 bridgehead atoms. The van der Waals surface area contributed by atoms with Gasteiger partial charge in [0.1, 0.15) is 0 Å². The summed E-state index contributed by atoms with van der Waals surface area (Å²) < 4.78 is 0. The van der Waals surface area contributed by atoms with Crippen LogP contribution in [0.3, 0.4) is 0 Å². The summed E-state index contributed by atoms with van der Waals surface area (Å²) in [4.78, 5) is 17.1. The van der Waals surface area contributed by atoms with E-state index in [0.29, 0.717) is 18.0 Å². The lowest BCUT2D eigenvalue weighted by atomic mass is 9.73. The summed E-state index contributed by atoms with van der Waals surface area (Å²) in [5, 5.41) is 0. The van der Waals surface area contributed by atoms with E-state index in [9.17, 15) is 4.79 Å². The number of carbonyl (C=O) groups excluding carboxylic acids is 1. The lowest BCUT2D eigenvalue weighted by Crippen LogP contribution is -2.50. The molecule has 0 spiro atoms. The summed E-state index contributed by atoms with van der Waals surface area (Å²) in [6, 6.07) is 1.13. The van der Waals surface area contributed by atoms with Crippen molar-refractivity contribution >= 4 is 5.91 Å². The van der Waals surface area contributed by atoms with Gasteiger partial charge in [0, 0.05) is 25.0 Å². The maximum Gasteiger partial charge on any atom is 0.225 e. The van der Waals surface area contributed by atoms with Gasteiger partial charge in [-0.25, -0.2) is 0 Å². The van der Waals surface area contributed by atoms with Crippen LogP contribution >= 0.6 is 0 Å². The highest BCUT2D eigenvalue weighted by molar-refractivity contribution is 5.79. The van der Waals surface area contributed by atoms with Crippen molar-refractivity contribution in [1.82, 2.24) is 9.80 Å². The second-order valence-electron chi connectivity index (χ2n) is 7.48. The van der Waals surface area contributed by atoms with E-state index < -0.39 is 0 Å². The average Bonchev–Trinajstić information content (AvgIpc) is 2.35. The van der Waals surface area contributed by atoms with Gasteiger partial charge in [-0.15, -0.1) is 0 Å². The minimum absolute atomic E-state index is 0.271. The molecule has 2 fully saturated rings. The Kier molecular flexibility index (Phi) is 5.11. The molecule has 0 aromatic rings. The lowest BCUT2D eigenvalue weighted by Gasteiger charge is -2.45. The molecule has 20 heavy (non-hydrogen) atoms. The van der Waals surface area contributed by atoms with Gasteiger partial charge in [-0.1, -0.05) is 13.8 Å². The first-order valence-corrected chi connectivity index (χ1v) is 8.40. The number of hydrogen-bond donors (Lipinski definition) is 0. The molecule has 0 aromatic carbocycles. The molecule has 0 unspecified atom stereocenters. The largest absolute Gasteiger partial charge is 0.343 e. The Labute approximate surface area is 124 Å². The molecule has 1 amide bonds. The van der Waals surface area contributed by atoms with E-state index in [1.54, 1.807) is 0 Å². The Hall–Kier alpha value is -0.570. The zero-order valence-corrected chi connectivity index (χ0v) is 13.9. The number of nitrogens with zero attached hydrogens (tertiary/aromatic N) is 2. The fourth-order valence-corrected chi connectivity index (χ4v) is 3.62. The highest BCUT2D eigenvalue weighted by atomic mass is 16.2. The first-order valence-electron chi connectivity index (χ1n) is 8.40. The van der Waals surface area contributed by atoms with E-state index in [1.165, 1.54) is 12.8 Å². The molecule has 3 nitrogen and oxygen atoms in total. The third-order valence-electron chi connectivity index (χ3n) is 5.60. The Bertz CT molecular complexity index is 322. The average molecular weight is 280 g/mol. The number of rotatable bonds is 4. The zero-order chi connectivity index (χ0) is 14.9. The van der Waals surface area contributed by atoms with Crippen molar-refractivity contribution in [2.45, 2.75) is 65.5 Å². The zero-order valence-electron chi connectivity index (χ0n) is 13.9. The van der Waals surface area contributed by atoms with Crippen LogP contribution < -0.4 is 0 Å². The topological polar surface area (TPSA) is 23.6 Å². The molecule has 1 aliphatic heterocycles. The molecule has 0 aromatic heterocycles. The monoisotopic (exact) mass is 280 g/mol. The van der Waals surface area contributed by atoms with Gasteiger partial charge in [0.25, 0.3) is 0 Å². The molecule has 116 valence electrons. The van der Waals surface area contributed by atoms with Crippen LogP contribution in [0.25, 0.3) is 0 Å². The van der Waals surface area contributed by atoms with Crippen LogP contribution in [-0.4, -0.2) is 47.9 Å². The quantitative estimate of drug-likeness (QED) is 0.790. The predicted molar refractivity (Wildman–Crippen MR) is 83.6 cm³/mol. The number of carbonyl (C=O) groups is 1. The van der Waals surface area contributed by atoms with E-state index in [0.717, 1.165) is 37.8 Å². The van der Waals surface area contributed by atoms with E-state index in [4.69, 9.17) is 0 Å². The summed E-state index contributed by atoms with van der Waals surface area (Å²) in [7, 11) is 2.03. The predicted octanol–water partition coefficient (Wildman–Crippen LogP) is 3.00. The van der Waals surface area contributed by atoms with Gasteiger partial charge in [0.2, 0.25) is 5.91 Å². The van der Waals surface area contributed by atoms with Crippen molar-refractivity contribution < 1.29 is 4.79 Å². The van der Waals surface area contributed by atoms with Gasteiger partial charge in [-0.2, -0.15) is 0 Å². The lowest BCUT2D eigenvalue weighted by molar-refractivity contribution is -0.141. The minimum atomic E-state index is 0.271. The standard InChI is InChI=1S/C17H32N2O/c1-12(2)15-10-16(11-15)18(5)17(20)14-6-8-19(9-7-14)13(3)4/h12-16H,6-11H2,1-5H3. The van der Waals surface area contributed by atoms with Gasteiger partial charge >= 0.3 is 0 Å². The molecule has 1 aliphatic carbocycles. The van der Waals surface area contributed by atoms with E-state index in [1.807, 2.05) is 7.05 Å². The van der Waals surface area contributed by atoms with Crippen molar-refractivity contribution in [3.63, 3.8) is 0 Å². The normalized spacial score (nSPS) is 28.8. The van der Waals surface area contributed by atoms with Crippen LogP contribution in [0.5, 0.6) is 0 Å². The molecule has 0 N–H and O–H groups in total. The number of piperidine rings is 1. The van der Waals surface area contributed by atoms with E-state index in [-0.39, 0.29) is 5.92 Å². The molecule has 1 heterocycles. The van der Waals surface area contributed by atoms with Crippen molar-refractivity contribution in [1.29, 1.82) is 0 Å². The summed E-state index contributed by atoms with van der Waals surface area (Å²) in [5.41, 5.74) is 0. The van der Waals surface area contributed by atoms with Crippen molar-refractivity contribution in [3.8, 4) is 0 Å². The molecular formula is C17H32N2O. The molecule has 1 saturated heterocycles. The summed E-state index contributed by atoms with van der Waals surface area (Å²) in [6.45, 7) is 11.3. The fraction of sp³-hybridized carbons (Fsp3) is 0.941. The van der Waals surface area contributed by atoms with Crippen molar-refractivity contribution in [2.75, 3.05) is 20.1 Å². The van der Waals surface area contributed by atoms with E-state index in [2.05, 4.69) is 37.5 Å². The summed E-state index contributed by atoms with van der Waals surface area (Å²) in [6.07, 6.45) is 4.51. The molecule has 3 heteroatoms. The van der Waals surface area contributed by atoms with Crippen LogP contribution in [0.2, 0.25) is 0 Å².